The highest BCUT2D eigenvalue weighted by Crippen LogP contribution is 2.25. The number of rotatable bonds is 8. The zero-order valence-corrected chi connectivity index (χ0v) is 20.6. The van der Waals surface area contributed by atoms with E-state index in [1.165, 1.54) is 4.90 Å². The van der Waals surface area contributed by atoms with Gasteiger partial charge in [0.1, 0.15) is 17.5 Å². The molecule has 0 spiro atoms. The van der Waals surface area contributed by atoms with Crippen LogP contribution >= 0.6 is 0 Å². The number of Topliss-reactive ketones (excluding diaryl/α,β-unsaturated/α-hetero) is 1. The van der Waals surface area contributed by atoms with Gasteiger partial charge < -0.3 is 29.4 Å². The summed E-state index contributed by atoms with van der Waals surface area (Å²) in [5, 5.41) is 12.4. The fourth-order valence-electron chi connectivity index (χ4n) is 5.19. The normalized spacial score (nSPS) is 16.0. The van der Waals surface area contributed by atoms with Gasteiger partial charge in [0.05, 0.1) is 40.4 Å². The Morgan fingerprint density at radius 2 is 1.53 bits per heavy atom. The molecule has 0 unspecified atom stereocenters. The summed E-state index contributed by atoms with van der Waals surface area (Å²) in [6.45, 7) is 3.23. The van der Waals surface area contributed by atoms with Gasteiger partial charge >= 0.3 is 0 Å². The van der Waals surface area contributed by atoms with E-state index in [9.17, 15) is 9.90 Å². The van der Waals surface area contributed by atoms with Crippen molar-refractivity contribution >= 4 is 22.4 Å². The van der Waals surface area contributed by atoms with Crippen LogP contribution in [0.1, 0.15) is 22.0 Å². The molecule has 1 aromatic heterocycles. The average molecular weight is 487 g/mol. The maximum Gasteiger partial charge on any atom is 0.199 e. The molecule has 7 nitrogen and oxygen atoms in total. The number of anilines is 1. The number of aromatic nitrogens is 1. The number of hydrogen-bond acceptors (Lipinski definition) is 5. The Kier molecular flexibility index (Phi) is 6.93. The van der Waals surface area contributed by atoms with Crippen LogP contribution in [0.3, 0.4) is 0 Å². The standard InChI is InChI=1S/C29H31N3O4/c1-35-22-11-7-20(8-12-22)27(29(34)28(33)25-19-30-26-6-4-3-5-24(25)26)32-17-15-31(16-18-32)21-9-13-23(36-2)14-10-21/h3-14,19,27,29-30,34H,15-18H2,1-2H3/p+1/t27-,29-/m1/s1. The van der Waals surface area contributed by atoms with E-state index in [0.717, 1.165) is 59.8 Å². The Balaban J connectivity index is 1.40. The Morgan fingerprint density at radius 1 is 0.917 bits per heavy atom. The number of para-hydroxylation sites is 1. The predicted octanol–water partition coefficient (Wildman–Crippen LogP) is 2.88. The van der Waals surface area contributed by atoms with Gasteiger partial charge in [-0.15, -0.1) is 0 Å². The number of benzene rings is 3. The molecule has 186 valence electrons. The number of nitrogens with zero attached hydrogens (tertiary/aromatic N) is 1. The van der Waals surface area contributed by atoms with E-state index in [1.54, 1.807) is 20.4 Å². The molecule has 1 saturated heterocycles. The molecule has 0 bridgehead atoms. The quantitative estimate of drug-likeness (QED) is 0.334. The van der Waals surface area contributed by atoms with E-state index in [0.29, 0.717) is 5.56 Å². The zero-order chi connectivity index (χ0) is 25.1. The number of aliphatic hydroxyl groups is 1. The molecule has 3 aromatic carbocycles. The fraction of sp³-hybridized carbons (Fsp3) is 0.276. The molecule has 1 aliphatic heterocycles. The number of methoxy groups -OCH3 is 2. The summed E-state index contributed by atoms with van der Waals surface area (Å²) >= 11 is 0. The minimum absolute atomic E-state index is 0.265. The van der Waals surface area contributed by atoms with Gasteiger partial charge in [-0.05, 0) is 54.6 Å². The average Bonchev–Trinajstić information content (AvgIpc) is 3.38. The Bertz CT molecular complexity index is 1310. The van der Waals surface area contributed by atoms with E-state index in [1.807, 2.05) is 60.7 Å². The molecule has 1 aliphatic rings. The van der Waals surface area contributed by atoms with Crippen molar-refractivity contribution in [1.82, 2.24) is 4.98 Å². The first-order valence-corrected chi connectivity index (χ1v) is 12.2. The number of quaternary nitrogens is 1. The van der Waals surface area contributed by atoms with E-state index in [-0.39, 0.29) is 5.78 Å². The smallest absolute Gasteiger partial charge is 0.199 e. The number of aromatic amines is 1. The van der Waals surface area contributed by atoms with E-state index in [4.69, 9.17) is 9.47 Å². The zero-order valence-electron chi connectivity index (χ0n) is 20.6. The molecule has 1 fully saturated rings. The molecule has 2 atom stereocenters. The van der Waals surface area contributed by atoms with Gasteiger partial charge in [-0.1, -0.05) is 18.2 Å². The molecule has 7 heteroatoms. The first kappa shape index (κ1) is 23.9. The van der Waals surface area contributed by atoms with Crippen molar-refractivity contribution in [3.63, 3.8) is 0 Å². The van der Waals surface area contributed by atoms with E-state index >= 15 is 0 Å². The van der Waals surface area contributed by atoms with Gasteiger partial charge in [0.25, 0.3) is 0 Å². The molecular weight excluding hydrogens is 454 g/mol. The molecule has 2 heterocycles. The van der Waals surface area contributed by atoms with Crippen LogP contribution in [0.4, 0.5) is 5.69 Å². The lowest BCUT2D eigenvalue weighted by atomic mass is 9.92. The molecule has 0 aliphatic carbocycles. The number of H-pyrrole nitrogens is 1. The van der Waals surface area contributed by atoms with Crippen molar-refractivity contribution in [3.05, 3.63) is 90.1 Å². The Morgan fingerprint density at radius 3 is 2.17 bits per heavy atom. The summed E-state index contributed by atoms with van der Waals surface area (Å²) in [6.07, 6.45) is 0.526. The number of carbonyl (C=O) groups is 1. The number of piperazine rings is 1. The lowest BCUT2D eigenvalue weighted by Crippen LogP contribution is -3.16. The van der Waals surface area contributed by atoms with Gasteiger partial charge in [-0.25, -0.2) is 0 Å². The van der Waals surface area contributed by atoms with Gasteiger partial charge in [0, 0.05) is 33.9 Å². The summed E-state index contributed by atoms with van der Waals surface area (Å²) in [7, 11) is 3.30. The minimum Gasteiger partial charge on any atom is -0.497 e. The third-order valence-electron chi connectivity index (χ3n) is 7.20. The van der Waals surface area contributed by atoms with Crippen LogP contribution in [-0.2, 0) is 0 Å². The van der Waals surface area contributed by atoms with Crippen LogP contribution in [0.5, 0.6) is 11.5 Å². The van der Waals surface area contributed by atoms with Crippen LogP contribution in [0.2, 0.25) is 0 Å². The summed E-state index contributed by atoms with van der Waals surface area (Å²) in [6, 6.07) is 23.1. The lowest BCUT2D eigenvalue weighted by Gasteiger charge is -2.39. The third-order valence-corrected chi connectivity index (χ3v) is 7.20. The highest BCUT2D eigenvalue weighted by Gasteiger charge is 2.39. The predicted molar refractivity (Wildman–Crippen MR) is 140 cm³/mol. The SMILES string of the molecule is COc1ccc([C@H]([C@@H](O)C(=O)c2c[nH]c3ccccc23)[NH+]2CCN(c3ccc(OC)cc3)CC2)cc1. The van der Waals surface area contributed by atoms with Gasteiger partial charge in [-0.3, -0.25) is 4.79 Å². The maximum atomic E-state index is 13.6. The molecule has 5 rings (SSSR count). The van der Waals surface area contributed by atoms with Crippen molar-refractivity contribution in [2.75, 3.05) is 45.3 Å². The number of carbonyl (C=O) groups excluding carboxylic acids is 1. The van der Waals surface area contributed by atoms with Crippen molar-refractivity contribution in [2.45, 2.75) is 12.1 Å². The topological polar surface area (TPSA) is 79.2 Å². The molecule has 4 aromatic rings. The van der Waals surface area contributed by atoms with Gasteiger partial charge in [0.2, 0.25) is 0 Å². The Hall–Kier alpha value is -3.81. The molecule has 36 heavy (non-hydrogen) atoms. The van der Waals surface area contributed by atoms with Gasteiger partial charge in [-0.2, -0.15) is 0 Å². The van der Waals surface area contributed by atoms with E-state index < -0.39 is 12.1 Å². The monoisotopic (exact) mass is 486 g/mol. The summed E-state index contributed by atoms with van der Waals surface area (Å²) < 4.78 is 10.6. The number of ether oxygens (including phenoxy) is 2. The highest BCUT2D eigenvalue weighted by atomic mass is 16.5. The largest absolute Gasteiger partial charge is 0.497 e. The number of ketones is 1. The summed E-state index contributed by atoms with van der Waals surface area (Å²) in [5.41, 5.74) is 3.47. The first-order valence-electron chi connectivity index (χ1n) is 12.2. The lowest BCUT2D eigenvalue weighted by molar-refractivity contribution is -0.934. The number of hydrogen-bond donors (Lipinski definition) is 3. The first-order chi connectivity index (χ1) is 17.6. The maximum absolute atomic E-state index is 13.6. The number of fused-ring (bicyclic) bond motifs is 1. The van der Waals surface area contributed by atoms with Crippen molar-refractivity contribution < 1.29 is 24.3 Å². The van der Waals surface area contributed by atoms with Crippen LogP contribution in [-0.4, -0.2) is 62.4 Å². The molecule has 3 N–H and O–H groups in total. The second-order valence-corrected chi connectivity index (χ2v) is 9.15. The highest BCUT2D eigenvalue weighted by molar-refractivity contribution is 6.10. The second-order valence-electron chi connectivity index (χ2n) is 9.15. The third kappa shape index (κ3) is 4.67. The fourth-order valence-corrected chi connectivity index (χ4v) is 5.19. The second kappa shape index (κ2) is 10.4. The van der Waals surface area contributed by atoms with E-state index in [2.05, 4.69) is 22.0 Å². The summed E-state index contributed by atoms with van der Waals surface area (Å²) in [4.78, 5) is 20.3. The van der Waals surface area contributed by atoms with Crippen LogP contribution in [0.25, 0.3) is 10.9 Å². The van der Waals surface area contributed by atoms with Crippen molar-refractivity contribution in [2.24, 2.45) is 0 Å². The van der Waals surface area contributed by atoms with Crippen LogP contribution < -0.4 is 19.3 Å². The molecule has 0 radical (unpaired) electrons. The van der Waals surface area contributed by atoms with Crippen molar-refractivity contribution in [3.8, 4) is 11.5 Å². The molecule has 0 saturated carbocycles. The number of nitrogens with one attached hydrogen (secondary N) is 2. The molecule has 0 amide bonds. The molecular formula is C29H32N3O4+. The van der Waals surface area contributed by atoms with Crippen molar-refractivity contribution in [1.29, 1.82) is 0 Å². The minimum atomic E-state index is -1.18. The van der Waals surface area contributed by atoms with Gasteiger partial charge in [0.15, 0.2) is 11.9 Å². The Labute approximate surface area is 210 Å². The number of aliphatic hydroxyl groups excluding tert-OH is 1. The summed E-state index contributed by atoms with van der Waals surface area (Å²) in [5.74, 6) is 1.31. The van der Waals surface area contributed by atoms with Crippen LogP contribution in [0, 0.1) is 0 Å². The van der Waals surface area contributed by atoms with Crippen LogP contribution in [0.15, 0.2) is 79.0 Å².